The number of halogens is 1. The minimum absolute atomic E-state index is 0.762. The number of aromatic nitrogens is 1. The van der Waals surface area contributed by atoms with Gasteiger partial charge in [0.15, 0.2) is 0 Å². The molecule has 1 aromatic heterocycles. The smallest absolute Gasteiger partial charge is 0.113 e. The van der Waals surface area contributed by atoms with E-state index in [0.717, 1.165) is 22.8 Å². The lowest BCUT2D eigenvalue weighted by Gasteiger charge is -2.46. The van der Waals surface area contributed by atoms with Gasteiger partial charge < -0.3 is 4.90 Å². The molecule has 3 nitrogen and oxygen atoms in total. The second-order valence-corrected chi connectivity index (χ2v) is 7.30. The van der Waals surface area contributed by atoms with Crippen molar-refractivity contribution in [2.75, 3.05) is 26.7 Å². The Bertz CT molecular complexity index is 409. The van der Waals surface area contributed by atoms with E-state index in [1.807, 2.05) is 0 Å². The van der Waals surface area contributed by atoms with Crippen LogP contribution >= 0.6 is 22.9 Å². The highest BCUT2D eigenvalue weighted by Gasteiger charge is 2.35. The van der Waals surface area contributed by atoms with E-state index in [9.17, 15) is 0 Å². The molecule has 0 aliphatic carbocycles. The highest BCUT2D eigenvalue weighted by molar-refractivity contribution is 7.15. The molecule has 100 valence electrons. The van der Waals surface area contributed by atoms with Gasteiger partial charge in [0.1, 0.15) is 9.34 Å². The number of likely N-dealkylation sites (tertiary alicyclic amines) is 2. The second-order valence-electron chi connectivity index (χ2n) is 5.55. The van der Waals surface area contributed by atoms with Gasteiger partial charge >= 0.3 is 0 Å². The zero-order valence-electron chi connectivity index (χ0n) is 10.8. The summed E-state index contributed by atoms with van der Waals surface area (Å²) in [5, 5.41) is 1.17. The number of piperidine rings is 2. The van der Waals surface area contributed by atoms with Gasteiger partial charge in [-0.1, -0.05) is 11.6 Å². The molecule has 0 spiro atoms. The lowest BCUT2D eigenvalue weighted by molar-refractivity contribution is 0.0266. The van der Waals surface area contributed by atoms with Crippen LogP contribution in [0.3, 0.4) is 0 Å². The Kier molecular flexibility index (Phi) is 3.89. The van der Waals surface area contributed by atoms with E-state index >= 15 is 0 Å². The second kappa shape index (κ2) is 5.45. The molecule has 2 aliphatic heterocycles. The zero-order valence-corrected chi connectivity index (χ0v) is 12.4. The third kappa shape index (κ3) is 2.72. The monoisotopic (exact) mass is 285 g/mol. The van der Waals surface area contributed by atoms with Crippen LogP contribution in [0.5, 0.6) is 0 Å². The van der Waals surface area contributed by atoms with Crippen molar-refractivity contribution >= 4 is 22.9 Å². The molecular weight excluding hydrogens is 266 g/mol. The highest BCUT2D eigenvalue weighted by atomic mass is 35.5. The third-order valence-electron chi connectivity index (χ3n) is 4.25. The Labute approximate surface area is 118 Å². The molecule has 0 saturated carbocycles. The largest absolute Gasteiger partial charge is 0.306 e. The van der Waals surface area contributed by atoms with Crippen molar-refractivity contribution in [3.8, 4) is 0 Å². The summed E-state index contributed by atoms with van der Waals surface area (Å²) in [5.74, 6) is 0.855. The fourth-order valence-corrected chi connectivity index (χ4v) is 4.40. The van der Waals surface area contributed by atoms with Crippen LogP contribution in [0.1, 0.15) is 24.3 Å². The Morgan fingerprint density at radius 1 is 1.44 bits per heavy atom. The van der Waals surface area contributed by atoms with Crippen LogP contribution in [-0.2, 0) is 6.54 Å². The van der Waals surface area contributed by atoms with Crippen LogP contribution in [-0.4, -0.2) is 47.5 Å². The Hall–Kier alpha value is -0.160. The zero-order chi connectivity index (χ0) is 12.5. The first-order valence-corrected chi connectivity index (χ1v) is 7.94. The molecule has 18 heavy (non-hydrogen) atoms. The third-order valence-corrected chi connectivity index (χ3v) is 5.35. The number of rotatable bonds is 2. The summed E-state index contributed by atoms with van der Waals surface area (Å²) >= 11 is 7.59. The summed E-state index contributed by atoms with van der Waals surface area (Å²) in [4.78, 5) is 9.51. The molecular formula is C13H20ClN3S. The molecule has 0 amide bonds. The molecule has 1 aromatic rings. The van der Waals surface area contributed by atoms with Gasteiger partial charge in [-0.3, -0.25) is 4.90 Å². The molecule has 5 heteroatoms. The van der Waals surface area contributed by atoms with Crippen LogP contribution in [0.25, 0.3) is 0 Å². The van der Waals surface area contributed by atoms with Crippen molar-refractivity contribution in [2.45, 2.75) is 31.8 Å². The van der Waals surface area contributed by atoms with Crippen molar-refractivity contribution in [2.24, 2.45) is 5.92 Å². The van der Waals surface area contributed by atoms with Gasteiger partial charge in [-0.2, -0.15) is 0 Å². The molecule has 0 bridgehead atoms. The van der Waals surface area contributed by atoms with Crippen molar-refractivity contribution in [1.29, 1.82) is 0 Å². The maximum Gasteiger partial charge on any atom is 0.113 e. The predicted molar refractivity (Wildman–Crippen MR) is 76.2 cm³/mol. The Morgan fingerprint density at radius 3 is 3.11 bits per heavy atom. The van der Waals surface area contributed by atoms with E-state index in [1.165, 1.54) is 43.9 Å². The number of hydrogen-bond acceptors (Lipinski definition) is 4. The molecule has 2 aliphatic rings. The van der Waals surface area contributed by atoms with Gasteiger partial charge in [-0.05, 0) is 45.3 Å². The summed E-state index contributed by atoms with van der Waals surface area (Å²) in [5.41, 5.74) is 0. The first kappa shape index (κ1) is 12.9. The van der Waals surface area contributed by atoms with Gasteiger partial charge in [0, 0.05) is 12.6 Å². The summed E-state index contributed by atoms with van der Waals surface area (Å²) in [6.45, 7) is 4.71. The molecule has 2 saturated heterocycles. The SMILES string of the molecule is CN1CCC2C(CCCN2Cc2ncc(Cl)s2)C1. The summed E-state index contributed by atoms with van der Waals surface area (Å²) in [6.07, 6.45) is 5.80. The van der Waals surface area contributed by atoms with Crippen LogP contribution in [0.2, 0.25) is 4.34 Å². The quantitative estimate of drug-likeness (QED) is 0.833. The fourth-order valence-electron chi connectivity index (χ4n) is 3.42. The van der Waals surface area contributed by atoms with Gasteiger partial charge in [-0.25, -0.2) is 4.98 Å². The molecule has 2 fully saturated rings. The number of fused-ring (bicyclic) bond motifs is 1. The first-order valence-electron chi connectivity index (χ1n) is 6.75. The number of nitrogens with zero attached hydrogens (tertiary/aromatic N) is 3. The summed E-state index contributed by atoms with van der Waals surface area (Å²) < 4.78 is 0.807. The Morgan fingerprint density at radius 2 is 2.33 bits per heavy atom. The fraction of sp³-hybridized carbons (Fsp3) is 0.769. The lowest BCUT2D eigenvalue weighted by Crippen LogP contribution is -2.52. The molecule has 0 radical (unpaired) electrons. The summed E-state index contributed by atoms with van der Waals surface area (Å²) in [6, 6.07) is 0.762. The average Bonchev–Trinajstić information content (AvgIpc) is 2.75. The van der Waals surface area contributed by atoms with Crippen molar-refractivity contribution in [3.63, 3.8) is 0 Å². The van der Waals surface area contributed by atoms with E-state index in [-0.39, 0.29) is 0 Å². The summed E-state index contributed by atoms with van der Waals surface area (Å²) in [7, 11) is 2.25. The topological polar surface area (TPSA) is 19.4 Å². The van der Waals surface area contributed by atoms with Gasteiger partial charge in [-0.15, -0.1) is 11.3 Å². The molecule has 3 heterocycles. The van der Waals surface area contributed by atoms with E-state index in [0.29, 0.717) is 0 Å². The predicted octanol–water partition coefficient (Wildman–Crippen LogP) is 2.71. The molecule has 3 rings (SSSR count). The van der Waals surface area contributed by atoms with Crippen LogP contribution in [0, 0.1) is 5.92 Å². The number of thiazole rings is 1. The van der Waals surface area contributed by atoms with Crippen LogP contribution in [0.15, 0.2) is 6.20 Å². The number of hydrogen-bond donors (Lipinski definition) is 0. The average molecular weight is 286 g/mol. The maximum atomic E-state index is 5.97. The lowest BCUT2D eigenvalue weighted by atomic mass is 9.84. The highest BCUT2D eigenvalue weighted by Crippen LogP contribution is 2.32. The molecule has 0 N–H and O–H groups in total. The van der Waals surface area contributed by atoms with Gasteiger partial charge in [0.25, 0.3) is 0 Å². The molecule has 2 unspecified atom stereocenters. The van der Waals surface area contributed by atoms with Gasteiger partial charge in [0.05, 0.1) is 12.7 Å². The molecule has 0 aromatic carbocycles. The van der Waals surface area contributed by atoms with E-state index in [4.69, 9.17) is 11.6 Å². The normalized spacial score (nSPS) is 30.3. The van der Waals surface area contributed by atoms with E-state index in [1.54, 1.807) is 17.5 Å². The van der Waals surface area contributed by atoms with Crippen molar-refractivity contribution in [3.05, 3.63) is 15.5 Å². The maximum absolute atomic E-state index is 5.97. The van der Waals surface area contributed by atoms with Gasteiger partial charge in [0.2, 0.25) is 0 Å². The standard InChI is InChI=1S/C13H20ClN3S/c1-16-6-4-11-10(8-16)3-2-5-17(11)9-13-15-7-12(14)18-13/h7,10-11H,2-6,8-9H2,1H3. The van der Waals surface area contributed by atoms with E-state index < -0.39 is 0 Å². The van der Waals surface area contributed by atoms with Crippen molar-refractivity contribution in [1.82, 2.24) is 14.8 Å². The minimum Gasteiger partial charge on any atom is -0.306 e. The van der Waals surface area contributed by atoms with Crippen LogP contribution in [0.4, 0.5) is 0 Å². The first-order chi connectivity index (χ1) is 8.72. The minimum atomic E-state index is 0.762. The Balaban J connectivity index is 1.68. The van der Waals surface area contributed by atoms with Crippen LogP contribution < -0.4 is 0 Å². The van der Waals surface area contributed by atoms with Crippen molar-refractivity contribution < 1.29 is 0 Å². The molecule has 2 atom stereocenters. The van der Waals surface area contributed by atoms with E-state index in [2.05, 4.69) is 21.8 Å².